The summed E-state index contributed by atoms with van der Waals surface area (Å²) in [5.41, 5.74) is 6.91. The van der Waals surface area contributed by atoms with Crippen molar-refractivity contribution in [2.24, 2.45) is 0 Å². The quantitative estimate of drug-likeness (QED) is 0.796. The average Bonchev–Trinajstić information content (AvgIpc) is 2.64. The third-order valence-electron chi connectivity index (χ3n) is 3.32. The van der Waals surface area contributed by atoms with Gasteiger partial charge in [0.05, 0.1) is 4.90 Å². The van der Waals surface area contributed by atoms with Crippen LogP contribution in [0.25, 0.3) is 0 Å². The average molecular weight is 268 g/mol. The molecule has 1 aliphatic heterocycles. The number of carbonyl (C=O) groups excluding carboxylic acids is 1. The molecule has 1 unspecified atom stereocenters. The second-order valence-electron chi connectivity index (χ2n) is 4.60. The first-order chi connectivity index (χ1) is 8.34. The molecule has 5 nitrogen and oxygen atoms in total. The molecule has 0 saturated carbocycles. The normalized spacial score (nSPS) is 20.4. The number of sulfone groups is 1. The third-order valence-corrected chi connectivity index (χ3v) is 5.42. The van der Waals surface area contributed by atoms with Gasteiger partial charge >= 0.3 is 0 Å². The van der Waals surface area contributed by atoms with Crippen LogP contribution < -0.4 is 5.73 Å². The topological polar surface area (TPSA) is 80.5 Å². The summed E-state index contributed by atoms with van der Waals surface area (Å²) in [6.45, 7) is 2.23. The predicted octanol–water partition coefficient (Wildman–Crippen LogP) is 0.582. The number of benzene rings is 1. The van der Waals surface area contributed by atoms with Crippen LogP contribution in [0.4, 0.5) is 5.69 Å². The number of nitrogens with zero attached hydrogens (tertiary/aromatic N) is 1. The van der Waals surface area contributed by atoms with Crippen LogP contribution >= 0.6 is 0 Å². The fourth-order valence-electron chi connectivity index (χ4n) is 2.07. The van der Waals surface area contributed by atoms with Crippen molar-refractivity contribution in [2.45, 2.75) is 23.5 Å². The Morgan fingerprint density at radius 1 is 1.39 bits per heavy atom. The van der Waals surface area contributed by atoms with Crippen molar-refractivity contribution in [1.82, 2.24) is 4.90 Å². The molecule has 1 saturated heterocycles. The molecule has 1 heterocycles. The first-order valence-electron chi connectivity index (χ1n) is 5.69. The van der Waals surface area contributed by atoms with E-state index in [-0.39, 0.29) is 10.8 Å². The Kier molecular flexibility index (Phi) is 3.06. The predicted molar refractivity (Wildman–Crippen MR) is 68.8 cm³/mol. The van der Waals surface area contributed by atoms with E-state index in [1.54, 1.807) is 20.0 Å². The van der Waals surface area contributed by atoms with E-state index in [1.165, 1.54) is 17.0 Å². The van der Waals surface area contributed by atoms with Gasteiger partial charge in [0.25, 0.3) is 0 Å². The van der Waals surface area contributed by atoms with E-state index >= 15 is 0 Å². The molecular formula is C12H16N2O3S. The first kappa shape index (κ1) is 12.9. The molecule has 1 fully saturated rings. The number of likely N-dealkylation sites (tertiary alicyclic amines) is 1. The van der Waals surface area contributed by atoms with Crippen molar-refractivity contribution in [1.29, 1.82) is 0 Å². The van der Waals surface area contributed by atoms with Crippen LogP contribution in [-0.4, -0.2) is 38.1 Å². The molecular weight excluding hydrogens is 252 g/mol. The van der Waals surface area contributed by atoms with Crippen LogP contribution in [0.3, 0.4) is 0 Å². The van der Waals surface area contributed by atoms with E-state index in [9.17, 15) is 13.2 Å². The van der Waals surface area contributed by atoms with Gasteiger partial charge in [0, 0.05) is 19.3 Å². The monoisotopic (exact) mass is 268 g/mol. The minimum Gasteiger partial charge on any atom is -0.399 e. The molecule has 2 rings (SSSR count). The van der Waals surface area contributed by atoms with Gasteiger partial charge in [-0.1, -0.05) is 0 Å². The molecule has 0 radical (unpaired) electrons. The largest absolute Gasteiger partial charge is 0.399 e. The summed E-state index contributed by atoms with van der Waals surface area (Å²) in [5, 5.41) is -0.953. The lowest BCUT2D eigenvalue weighted by atomic mass is 10.2. The van der Waals surface area contributed by atoms with E-state index in [4.69, 9.17) is 5.73 Å². The summed E-state index contributed by atoms with van der Waals surface area (Å²) in [5.74, 6) is -0.329. The number of nitrogens with two attached hydrogens (primary N) is 1. The standard InChI is InChI=1S/C12H16N2O3S/c1-8-7-9(3-4-10(8)13)18(16,17)11-5-6-14(2)12(11)15/h3-4,7,11H,5-6,13H2,1-2H3. The summed E-state index contributed by atoms with van der Waals surface area (Å²) in [7, 11) is -1.99. The number of rotatable bonds is 2. The fraction of sp³-hybridized carbons (Fsp3) is 0.417. The molecule has 1 amide bonds. The van der Waals surface area contributed by atoms with Crippen molar-refractivity contribution in [3.05, 3.63) is 23.8 Å². The van der Waals surface area contributed by atoms with Crippen LogP contribution in [0.5, 0.6) is 0 Å². The van der Waals surface area contributed by atoms with Gasteiger partial charge in [0.15, 0.2) is 9.84 Å². The highest BCUT2D eigenvalue weighted by Gasteiger charge is 2.40. The second kappa shape index (κ2) is 4.28. The van der Waals surface area contributed by atoms with Gasteiger partial charge < -0.3 is 10.6 Å². The molecule has 1 aromatic carbocycles. The molecule has 0 spiro atoms. The summed E-state index contributed by atoms with van der Waals surface area (Å²) in [6, 6.07) is 4.55. The van der Waals surface area contributed by atoms with Crippen molar-refractivity contribution in [3.63, 3.8) is 0 Å². The van der Waals surface area contributed by atoms with Gasteiger partial charge in [-0.15, -0.1) is 0 Å². The molecule has 6 heteroatoms. The Hall–Kier alpha value is -1.56. The first-order valence-corrected chi connectivity index (χ1v) is 7.23. The third kappa shape index (κ3) is 1.96. The SMILES string of the molecule is Cc1cc(S(=O)(=O)C2CCN(C)C2=O)ccc1N. The Labute approximate surface area is 107 Å². The van der Waals surface area contributed by atoms with Crippen LogP contribution in [0.2, 0.25) is 0 Å². The zero-order chi connectivity index (χ0) is 13.5. The van der Waals surface area contributed by atoms with Crippen LogP contribution in [0.15, 0.2) is 23.1 Å². The summed E-state index contributed by atoms with van der Waals surface area (Å²) >= 11 is 0. The molecule has 0 aliphatic carbocycles. The highest BCUT2D eigenvalue weighted by Crippen LogP contribution is 2.26. The van der Waals surface area contributed by atoms with Gasteiger partial charge in [-0.2, -0.15) is 0 Å². The van der Waals surface area contributed by atoms with Gasteiger partial charge in [-0.3, -0.25) is 4.79 Å². The van der Waals surface area contributed by atoms with Crippen molar-refractivity contribution in [3.8, 4) is 0 Å². The highest BCUT2D eigenvalue weighted by atomic mass is 32.2. The van der Waals surface area contributed by atoms with E-state index in [0.29, 0.717) is 24.2 Å². The van der Waals surface area contributed by atoms with Crippen LogP contribution in [-0.2, 0) is 14.6 Å². The molecule has 0 aromatic heterocycles. The van der Waals surface area contributed by atoms with Gasteiger partial charge in [-0.05, 0) is 37.1 Å². The maximum Gasteiger partial charge on any atom is 0.241 e. The Morgan fingerprint density at radius 3 is 2.56 bits per heavy atom. The molecule has 2 N–H and O–H groups in total. The molecule has 1 aliphatic rings. The zero-order valence-corrected chi connectivity index (χ0v) is 11.2. The summed E-state index contributed by atoms with van der Waals surface area (Å²) in [4.78, 5) is 13.4. The minimum atomic E-state index is -3.61. The molecule has 1 aromatic rings. The fourth-order valence-corrected chi connectivity index (χ4v) is 3.86. The van der Waals surface area contributed by atoms with E-state index in [0.717, 1.165) is 0 Å². The summed E-state index contributed by atoms with van der Waals surface area (Å²) in [6.07, 6.45) is 0.348. The molecule has 98 valence electrons. The number of nitrogen functional groups attached to an aromatic ring is 1. The van der Waals surface area contributed by atoms with Gasteiger partial charge in [0.1, 0.15) is 5.25 Å². The lowest BCUT2D eigenvalue weighted by Crippen LogP contribution is -2.31. The van der Waals surface area contributed by atoms with Crippen molar-refractivity contribution < 1.29 is 13.2 Å². The number of hydrogen-bond acceptors (Lipinski definition) is 4. The molecule has 0 bridgehead atoms. The molecule has 18 heavy (non-hydrogen) atoms. The maximum atomic E-state index is 12.4. The number of hydrogen-bond donors (Lipinski definition) is 1. The van der Waals surface area contributed by atoms with Crippen molar-refractivity contribution in [2.75, 3.05) is 19.3 Å². The van der Waals surface area contributed by atoms with Gasteiger partial charge in [0.2, 0.25) is 5.91 Å². The van der Waals surface area contributed by atoms with E-state index in [2.05, 4.69) is 0 Å². The maximum absolute atomic E-state index is 12.4. The number of aryl methyl sites for hydroxylation is 1. The Balaban J connectivity index is 2.43. The number of amides is 1. The zero-order valence-electron chi connectivity index (χ0n) is 10.4. The Morgan fingerprint density at radius 2 is 2.06 bits per heavy atom. The highest BCUT2D eigenvalue weighted by molar-refractivity contribution is 7.92. The lowest BCUT2D eigenvalue weighted by Gasteiger charge is -2.12. The number of anilines is 1. The minimum absolute atomic E-state index is 0.169. The van der Waals surface area contributed by atoms with E-state index < -0.39 is 15.1 Å². The smallest absolute Gasteiger partial charge is 0.241 e. The van der Waals surface area contributed by atoms with E-state index in [1.807, 2.05) is 0 Å². The van der Waals surface area contributed by atoms with Gasteiger partial charge in [-0.25, -0.2) is 8.42 Å². The van der Waals surface area contributed by atoms with Crippen LogP contribution in [0, 0.1) is 6.92 Å². The van der Waals surface area contributed by atoms with Crippen LogP contribution in [0.1, 0.15) is 12.0 Å². The second-order valence-corrected chi connectivity index (χ2v) is 6.73. The summed E-state index contributed by atoms with van der Waals surface area (Å²) < 4.78 is 24.7. The van der Waals surface area contributed by atoms with Crippen molar-refractivity contribution >= 4 is 21.4 Å². The lowest BCUT2D eigenvalue weighted by molar-refractivity contribution is -0.126. The molecule has 1 atom stereocenters. The Bertz CT molecular complexity index is 595. The number of carbonyl (C=O) groups is 1.